The number of nitrogens with two attached hydrogens (primary N) is 1. The van der Waals surface area contributed by atoms with E-state index < -0.39 is 0 Å². The van der Waals surface area contributed by atoms with Crippen LogP contribution in [0.4, 0.5) is 0 Å². The first-order valence-corrected chi connectivity index (χ1v) is 7.57. The van der Waals surface area contributed by atoms with Gasteiger partial charge >= 0.3 is 0 Å². The number of hydrogen-bond acceptors (Lipinski definition) is 3. The molecule has 21 heavy (non-hydrogen) atoms. The second kappa shape index (κ2) is 8.03. The molecule has 1 aromatic rings. The van der Waals surface area contributed by atoms with E-state index in [1.165, 1.54) is 11.1 Å². The van der Waals surface area contributed by atoms with Crippen LogP contribution < -0.4 is 10.5 Å². The van der Waals surface area contributed by atoms with Gasteiger partial charge in [-0.05, 0) is 49.9 Å². The molecule has 0 aliphatic rings. The van der Waals surface area contributed by atoms with Gasteiger partial charge in [-0.2, -0.15) is 0 Å². The molecule has 0 heterocycles. The van der Waals surface area contributed by atoms with Crippen molar-refractivity contribution in [1.29, 1.82) is 0 Å². The molecule has 0 saturated carbocycles. The Bertz CT molecular complexity index is 470. The van der Waals surface area contributed by atoms with Gasteiger partial charge in [-0.25, -0.2) is 0 Å². The van der Waals surface area contributed by atoms with Crippen LogP contribution in [-0.4, -0.2) is 36.5 Å². The van der Waals surface area contributed by atoms with Gasteiger partial charge in [0.1, 0.15) is 12.4 Å². The molecule has 118 valence electrons. The fraction of sp³-hybridized carbons (Fsp3) is 0.588. The third-order valence-corrected chi connectivity index (χ3v) is 3.60. The van der Waals surface area contributed by atoms with E-state index in [4.69, 9.17) is 10.5 Å². The largest absolute Gasteiger partial charge is 0.492 e. The van der Waals surface area contributed by atoms with E-state index in [2.05, 4.69) is 32.9 Å². The number of carbonyl (C=O) groups is 1. The van der Waals surface area contributed by atoms with Crippen molar-refractivity contribution in [2.45, 2.75) is 46.6 Å². The van der Waals surface area contributed by atoms with E-state index >= 15 is 0 Å². The average molecular weight is 292 g/mol. The van der Waals surface area contributed by atoms with Crippen LogP contribution >= 0.6 is 0 Å². The predicted molar refractivity (Wildman–Crippen MR) is 86.7 cm³/mol. The van der Waals surface area contributed by atoms with Crippen molar-refractivity contribution in [2.75, 3.05) is 19.7 Å². The second-order valence-electron chi connectivity index (χ2n) is 6.05. The average Bonchev–Trinajstić information content (AvgIpc) is 2.36. The Kier molecular flexibility index (Phi) is 6.69. The minimum Gasteiger partial charge on any atom is -0.492 e. The maximum absolute atomic E-state index is 11.0. The zero-order chi connectivity index (χ0) is 16.0. The van der Waals surface area contributed by atoms with Crippen molar-refractivity contribution in [1.82, 2.24) is 4.90 Å². The maximum Gasteiger partial charge on any atom is 0.231 e. The van der Waals surface area contributed by atoms with Crippen molar-refractivity contribution in [3.63, 3.8) is 0 Å². The maximum atomic E-state index is 11.0. The molecule has 0 atom stereocenters. The molecule has 0 radical (unpaired) electrons. The number of nitrogens with zero attached hydrogens (tertiary/aromatic N) is 1. The molecule has 1 aromatic carbocycles. The monoisotopic (exact) mass is 292 g/mol. The van der Waals surface area contributed by atoms with E-state index in [0.29, 0.717) is 19.1 Å². The van der Waals surface area contributed by atoms with Crippen LogP contribution in [0.2, 0.25) is 0 Å². The highest BCUT2D eigenvalue weighted by Gasteiger charge is 2.12. The normalized spacial score (nSPS) is 11.4. The SMILES string of the molecule is Cc1cc(OCCN(CC(N)=O)C(C)C)ccc1C(C)C. The minimum absolute atomic E-state index is 0.270. The van der Waals surface area contributed by atoms with Crippen molar-refractivity contribution >= 4 is 5.91 Å². The van der Waals surface area contributed by atoms with Crippen LogP contribution in [0.15, 0.2) is 18.2 Å². The Morgan fingerprint density at radius 3 is 2.43 bits per heavy atom. The first kappa shape index (κ1) is 17.5. The number of hydrogen-bond donors (Lipinski definition) is 1. The summed E-state index contributed by atoms with van der Waals surface area (Å²) in [4.78, 5) is 13.0. The van der Waals surface area contributed by atoms with Gasteiger partial charge in [-0.1, -0.05) is 19.9 Å². The summed E-state index contributed by atoms with van der Waals surface area (Å²) in [6.07, 6.45) is 0. The minimum atomic E-state index is -0.305. The fourth-order valence-electron chi connectivity index (χ4n) is 2.39. The van der Waals surface area contributed by atoms with Gasteiger partial charge in [0, 0.05) is 12.6 Å². The van der Waals surface area contributed by atoms with Crippen molar-refractivity contribution in [2.24, 2.45) is 5.73 Å². The summed E-state index contributed by atoms with van der Waals surface area (Å²) in [6.45, 7) is 12.1. The lowest BCUT2D eigenvalue weighted by atomic mass is 9.98. The van der Waals surface area contributed by atoms with Crippen LogP contribution in [-0.2, 0) is 4.79 Å². The van der Waals surface area contributed by atoms with E-state index in [0.717, 1.165) is 5.75 Å². The summed E-state index contributed by atoms with van der Waals surface area (Å²) in [7, 11) is 0. The van der Waals surface area contributed by atoms with Gasteiger partial charge in [-0.3, -0.25) is 9.69 Å². The summed E-state index contributed by atoms with van der Waals surface area (Å²) in [5.41, 5.74) is 7.85. The lowest BCUT2D eigenvalue weighted by molar-refractivity contribution is -0.119. The van der Waals surface area contributed by atoms with Gasteiger partial charge in [0.25, 0.3) is 0 Å². The Balaban J connectivity index is 2.55. The highest BCUT2D eigenvalue weighted by molar-refractivity contribution is 5.75. The van der Waals surface area contributed by atoms with E-state index in [1.54, 1.807) is 0 Å². The zero-order valence-electron chi connectivity index (χ0n) is 13.8. The molecule has 0 aromatic heterocycles. The molecule has 0 spiro atoms. The summed E-state index contributed by atoms with van der Waals surface area (Å²) in [5.74, 6) is 1.09. The number of ether oxygens (including phenoxy) is 1. The van der Waals surface area contributed by atoms with Crippen molar-refractivity contribution < 1.29 is 9.53 Å². The molecular formula is C17H28N2O2. The topological polar surface area (TPSA) is 55.6 Å². The van der Waals surface area contributed by atoms with Gasteiger partial charge in [0.05, 0.1) is 6.54 Å². The molecule has 0 fully saturated rings. The summed E-state index contributed by atoms with van der Waals surface area (Å²) < 4.78 is 5.79. The second-order valence-corrected chi connectivity index (χ2v) is 6.05. The standard InChI is InChI=1S/C17H28N2O2/c1-12(2)16-7-6-15(10-14(16)5)21-9-8-19(13(3)4)11-17(18)20/h6-7,10,12-13H,8-9,11H2,1-5H3,(H2,18,20). The summed E-state index contributed by atoms with van der Waals surface area (Å²) >= 11 is 0. The van der Waals surface area contributed by atoms with Gasteiger partial charge in [0.15, 0.2) is 0 Å². The molecule has 0 bridgehead atoms. The first-order chi connectivity index (χ1) is 9.81. The number of rotatable bonds is 8. The number of benzene rings is 1. The van der Waals surface area contributed by atoms with Crippen LogP contribution in [0, 0.1) is 6.92 Å². The number of carbonyl (C=O) groups excluding carboxylic acids is 1. The van der Waals surface area contributed by atoms with Crippen LogP contribution in [0.1, 0.15) is 44.7 Å². The van der Waals surface area contributed by atoms with Crippen molar-refractivity contribution in [3.8, 4) is 5.75 Å². The quantitative estimate of drug-likeness (QED) is 0.801. The number of aryl methyl sites for hydroxylation is 1. The van der Waals surface area contributed by atoms with Gasteiger partial charge in [0.2, 0.25) is 5.91 Å². The highest BCUT2D eigenvalue weighted by Crippen LogP contribution is 2.23. The van der Waals surface area contributed by atoms with Gasteiger partial charge < -0.3 is 10.5 Å². The number of primary amides is 1. The molecule has 0 aliphatic heterocycles. The lowest BCUT2D eigenvalue weighted by Gasteiger charge is -2.24. The molecule has 2 N–H and O–H groups in total. The highest BCUT2D eigenvalue weighted by atomic mass is 16.5. The molecule has 0 aliphatic carbocycles. The van der Waals surface area contributed by atoms with E-state index in [1.807, 2.05) is 24.8 Å². The zero-order valence-corrected chi connectivity index (χ0v) is 13.8. The van der Waals surface area contributed by atoms with Crippen LogP contribution in [0.25, 0.3) is 0 Å². The Morgan fingerprint density at radius 2 is 1.95 bits per heavy atom. The van der Waals surface area contributed by atoms with E-state index in [9.17, 15) is 4.79 Å². The Morgan fingerprint density at radius 1 is 1.29 bits per heavy atom. The Hall–Kier alpha value is -1.55. The molecule has 4 heteroatoms. The van der Waals surface area contributed by atoms with E-state index in [-0.39, 0.29) is 18.5 Å². The number of amides is 1. The molecular weight excluding hydrogens is 264 g/mol. The fourth-order valence-corrected chi connectivity index (χ4v) is 2.39. The third-order valence-electron chi connectivity index (χ3n) is 3.60. The van der Waals surface area contributed by atoms with Crippen LogP contribution in [0.3, 0.4) is 0 Å². The van der Waals surface area contributed by atoms with Crippen molar-refractivity contribution in [3.05, 3.63) is 29.3 Å². The third kappa shape index (κ3) is 5.76. The smallest absolute Gasteiger partial charge is 0.231 e. The molecule has 1 amide bonds. The Labute approximate surface area is 128 Å². The van der Waals surface area contributed by atoms with Gasteiger partial charge in [-0.15, -0.1) is 0 Å². The first-order valence-electron chi connectivity index (χ1n) is 7.57. The molecule has 1 rings (SSSR count). The predicted octanol–water partition coefficient (Wildman–Crippen LogP) is 2.69. The summed E-state index contributed by atoms with van der Waals surface area (Å²) in [5, 5.41) is 0. The van der Waals surface area contributed by atoms with Crippen LogP contribution in [0.5, 0.6) is 5.75 Å². The molecule has 4 nitrogen and oxygen atoms in total. The molecule has 0 saturated heterocycles. The molecule has 0 unspecified atom stereocenters. The summed E-state index contributed by atoms with van der Waals surface area (Å²) in [6, 6.07) is 6.48. The lowest BCUT2D eigenvalue weighted by Crippen LogP contribution is -2.40.